The van der Waals surface area contributed by atoms with Gasteiger partial charge in [-0.2, -0.15) is 0 Å². The molecule has 1 aromatic heterocycles. The zero-order valence-electron chi connectivity index (χ0n) is 18.7. The molecule has 0 bridgehead atoms. The molecule has 168 valence electrons. The maximum Gasteiger partial charge on any atom is 0.240 e. The summed E-state index contributed by atoms with van der Waals surface area (Å²) in [5.41, 5.74) is 5.56. The molecule has 0 aliphatic heterocycles. The van der Waals surface area contributed by atoms with Crippen LogP contribution in [0.3, 0.4) is 0 Å². The normalized spacial score (nSPS) is 11.4. The highest BCUT2D eigenvalue weighted by molar-refractivity contribution is 7.92. The maximum absolute atomic E-state index is 13.3. The van der Waals surface area contributed by atoms with Crippen molar-refractivity contribution in [2.75, 3.05) is 11.1 Å². The Bertz CT molecular complexity index is 1400. The highest BCUT2D eigenvalue weighted by atomic mass is 32.2. The molecular weight excluding hydrogens is 434 g/mol. The van der Waals surface area contributed by atoms with Crippen LogP contribution in [0.4, 0.5) is 5.69 Å². The van der Waals surface area contributed by atoms with Crippen LogP contribution in [0.15, 0.2) is 84.1 Å². The van der Waals surface area contributed by atoms with E-state index >= 15 is 0 Å². The summed E-state index contributed by atoms with van der Waals surface area (Å²) in [6.07, 6.45) is 1.70. The van der Waals surface area contributed by atoms with E-state index in [-0.39, 0.29) is 5.16 Å². The fourth-order valence-electron chi connectivity index (χ4n) is 3.47. The molecule has 6 nitrogen and oxygen atoms in total. The van der Waals surface area contributed by atoms with Crippen LogP contribution in [0.5, 0.6) is 0 Å². The van der Waals surface area contributed by atoms with Gasteiger partial charge in [0.25, 0.3) is 0 Å². The Labute approximate surface area is 193 Å². The summed E-state index contributed by atoms with van der Waals surface area (Å²) in [6.45, 7) is 5.79. The van der Waals surface area contributed by atoms with Gasteiger partial charge in [0, 0.05) is 23.1 Å². The molecule has 0 atom stereocenters. The maximum atomic E-state index is 13.3. The number of hydrogen-bond donors (Lipinski definition) is 1. The summed E-state index contributed by atoms with van der Waals surface area (Å²) in [6, 6.07) is 22.4. The molecule has 3 aromatic carbocycles. The van der Waals surface area contributed by atoms with E-state index in [9.17, 15) is 13.2 Å². The van der Waals surface area contributed by atoms with Gasteiger partial charge in [-0.1, -0.05) is 65.7 Å². The quantitative estimate of drug-likeness (QED) is 0.446. The van der Waals surface area contributed by atoms with E-state index in [2.05, 4.69) is 10.3 Å². The van der Waals surface area contributed by atoms with Crippen LogP contribution in [-0.4, -0.2) is 29.6 Å². The smallest absolute Gasteiger partial charge is 0.240 e. The largest absolute Gasteiger partial charge is 0.325 e. The number of amides is 1. The second-order valence-corrected chi connectivity index (χ2v) is 9.99. The number of hydrogen-bond acceptors (Lipinski definition) is 4. The monoisotopic (exact) mass is 459 g/mol. The lowest BCUT2D eigenvalue weighted by Crippen LogP contribution is -2.25. The van der Waals surface area contributed by atoms with Gasteiger partial charge in [0.05, 0.1) is 5.69 Å². The molecule has 4 aromatic rings. The van der Waals surface area contributed by atoms with Crippen molar-refractivity contribution >= 4 is 21.4 Å². The van der Waals surface area contributed by atoms with E-state index in [1.54, 1.807) is 18.3 Å². The molecule has 1 N–H and O–H groups in total. The Morgan fingerprint density at radius 2 is 1.48 bits per heavy atom. The molecule has 0 unspecified atom stereocenters. The van der Waals surface area contributed by atoms with Gasteiger partial charge in [0.2, 0.25) is 20.9 Å². The van der Waals surface area contributed by atoms with Crippen LogP contribution < -0.4 is 5.32 Å². The summed E-state index contributed by atoms with van der Waals surface area (Å²) in [5.74, 6) is -1.32. The molecule has 0 aliphatic carbocycles. The first kappa shape index (κ1) is 22.5. The number of carbonyl (C=O) groups excluding carboxylic acids is 1. The molecule has 0 radical (unpaired) electrons. The van der Waals surface area contributed by atoms with Crippen LogP contribution in [0.2, 0.25) is 0 Å². The highest BCUT2D eigenvalue weighted by Gasteiger charge is 2.27. The Balaban J connectivity index is 1.72. The van der Waals surface area contributed by atoms with Crippen molar-refractivity contribution in [3.63, 3.8) is 0 Å². The summed E-state index contributed by atoms with van der Waals surface area (Å²) in [5, 5.41) is 2.53. The number of aromatic nitrogens is 2. The van der Waals surface area contributed by atoms with Crippen molar-refractivity contribution in [3.8, 4) is 16.9 Å². The van der Waals surface area contributed by atoms with E-state index in [1.165, 1.54) is 4.57 Å². The lowest BCUT2D eigenvalue weighted by molar-refractivity contribution is -0.113. The minimum absolute atomic E-state index is 0.165. The van der Waals surface area contributed by atoms with Crippen molar-refractivity contribution < 1.29 is 13.2 Å². The molecule has 0 fully saturated rings. The number of anilines is 1. The average molecular weight is 460 g/mol. The number of carbonyl (C=O) groups is 1. The molecule has 4 rings (SSSR count). The fraction of sp³-hybridized carbons (Fsp3) is 0.154. The van der Waals surface area contributed by atoms with Crippen molar-refractivity contribution in [3.05, 3.63) is 95.7 Å². The Hall–Kier alpha value is -3.71. The zero-order valence-corrected chi connectivity index (χ0v) is 19.6. The summed E-state index contributed by atoms with van der Waals surface area (Å²) in [7, 11) is -4.04. The summed E-state index contributed by atoms with van der Waals surface area (Å²) in [4.78, 5) is 17.1. The van der Waals surface area contributed by atoms with Gasteiger partial charge in [-0.05, 0) is 44.5 Å². The highest BCUT2D eigenvalue weighted by Crippen LogP contribution is 2.25. The fourth-order valence-corrected chi connectivity index (χ4v) is 4.71. The lowest BCUT2D eigenvalue weighted by Gasteiger charge is -2.10. The first-order valence-electron chi connectivity index (χ1n) is 10.5. The number of nitrogens with zero attached hydrogens (tertiary/aromatic N) is 2. The number of aryl methyl sites for hydroxylation is 3. The van der Waals surface area contributed by atoms with Crippen molar-refractivity contribution in [1.29, 1.82) is 0 Å². The topological polar surface area (TPSA) is 81.1 Å². The number of sulfone groups is 1. The van der Waals surface area contributed by atoms with Gasteiger partial charge in [-0.25, -0.2) is 13.4 Å². The first-order valence-corrected chi connectivity index (χ1v) is 12.2. The number of para-hydroxylation sites is 1. The molecule has 0 aliphatic rings. The summed E-state index contributed by atoms with van der Waals surface area (Å²) >= 11 is 0. The predicted octanol–water partition coefficient (Wildman–Crippen LogP) is 4.88. The Morgan fingerprint density at radius 1 is 0.879 bits per heavy atom. The van der Waals surface area contributed by atoms with Crippen molar-refractivity contribution in [2.45, 2.75) is 25.9 Å². The Kier molecular flexibility index (Phi) is 6.16. The van der Waals surface area contributed by atoms with E-state index in [4.69, 9.17) is 0 Å². The SMILES string of the molecule is Cc1ccc(-c2cn(-c3ccc(C)cc3)c(S(=O)(=O)CC(=O)Nc3ccccc3C)n2)cc1. The number of benzene rings is 3. The van der Waals surface area contributed by atoms with Gasteiger partial charge >= 0.3 is 0 Å². The van der Waals surface area contributed by atoms with Crippen LogP contribution in [0, 0.1) is 20.8 Å². The molecule has 33 heavy (non-hydrogen) atoms. The van der Waals surface area contributed by atoms with Crippen molar-refractivity contribution in [1.82, 2.24) is 9.55 Å². The van der Waals surface area contributed by atoms with Crippen molar-refractivity contribution in [2.24, 2.45) is 0 Å². The minimum atomic E-state index is -4.04. The number of rotatable bonds is 6. The van der Waals surface area contributed by atoms with E-state index in [1.807, 2.05) is 81.4 Å². The molecule has 1 amide bonds. The molecule has 0 spiro atoms. The zero-order chi connectivity index (χ0) is 23.6. The number of nitrogens with one attached hydrogen (secondary N) is 1. The third-order valence-corrected chi connectivity index (χ3v) is 6.84. The molecule has 1 heterocycles. The molecule has 0 saturated heterocycles. The van der Waals surface area contributed by atoms with Gasteiger partial charge < -0.3 is 5.32 Å². The second kappa shape index (κ2) is 9.03. The van der Waals surface area contributed by atoms with Gasteiger partial charge in [-0.3, -0.25) is 9.36 Å². The standard InChI is InChI=1S/C26H25N3O3S/c1-18-8-12-21(13-9-18)24-16-29(22-14-10-19(2)11-15-22)26(28-24)33(31,32)17-25(30)27-23-7-5-4-6-20(23)3/h4-16H,17H2,1-3H3,(H,27,30). The van der Waals surface area contributed by atoms with Gasteiger partial charge in [0.1, 0.15) is 5.75 Å². The van der Waals surface area contributed by atoms with Crippen LogP contribution >= 0.6 is 0 Å². The first-order chi connectivity index (χ1) is 15.7. The molecular formula is C26H25N3O3S. The Morgan fingerprint density at radius 3 is 2.12 bits per heavy atom. The van der Waals surface area contributed by atoms with Crippen LogP contribution in [0.25, 0.3) is 16.9 Å². The van der Waals surface area contributed by atoms with Crippen LogP contribution in [0.1, 0.15) is 16.7 Å². The van der Waals surface area contributed by atoms with Crippen LogP contribution in [-0.2, 0) is 14.6 Å². The minimum Gasteiger partial charge on any atom is -0.325 e. The lowest BCUT2D eigenvalue weighted by atomic mass is 10.1. The third kappa shape index (κ3) is 5.04. The average Bonchev–Trinajstić information content (AvgIpc) is 3.22. The predicted molar refractivity (Wildman–Crippen MR) is 130 cm³/mol. The van der Waals surface area contributed by atoms with Gasteiger partial charge in [0.15, 0.2) is 0 Å². The van der Waals surface area contributed by atoms with Gasteiger partial charge in [-0.15, -0.1) is 0 Å². The molecule has 0 saturated carbocycles. The van der Waals surface area contributed by atoms with E-state index in [0.29, 0.717) is 17.1 Å². The summed E-state index contributed by atoms with van der Waals surface area (Å²) < 4.78 is 28.2. The van der Waals surface area contributed by atoms with E-state index in [0.717, 1.165) is 22.3 Å². The van der Waals surface area contributed by atoms with E-state index < -0.39 is 21.5 Å². The second-order valence-electron chi connectivity index (χ2n) is 8.10. The number of imidazole rings is 1. The third-order valence-electron chi connectivity index (χ3n) is 5.35. The molecule has 7 heteroatoms.